The highest BCUT2D eigenvalue weighted by atomic mass is 32.1. The van der Waals surface area contributed by atoms with Crippen LogP contribution in [0.15, 0.2) is 60.9 Å². The second-order valence-electron chi connectivity index (χ2n) is 8.66. The van der Waals surface area contributed by atoms with Gasteiger partial charge >= 0.3 is 6.03 Å². The van der Waals surface area contributed by atoms with E-state index in [1.165, 1.54) is 24.3 Å². The summed E-state index contributed by atoms with van der Waals surface area (Å²) in [7, 11) is 0. The van der Waals surface area contributed by atoms with Crippen LogP contribution < -0.4 is 10.2 Å². The van der Waals surface area contributed by atoms with Crippen molar-refractivity contribution in [3.05, 3.63) is 72.6 Å². The molecule has 172 valence electrons. The number of urea groups is 1. The molecule has 9 heteroatoms. The molecule has 4 aromatic rings. The maximum Gasteiger partial charge on any atom is 0.322 e. The van der Waals surface area contributed by atoms with E-state index in [9.17, 15) is 13.6 Å². The molecule has 34 heavy (non-hydrogen) atoms. The number of benzene rings is 2. The number of carbonyl (C=O) groups is 1. The van der Waals surface area contributed by atoms with Crippen LogP contribution in [0.25, 0.3) is 20.7 Å². The van der Waals surface area contributed by atoms with Gasteiger partial charge in [0.2, 0.25) is 0 Å². The van der Waals surface area contributed by atoms with Crippen molar-refractivity contribution in [3.8, 4) is 10.4 Å². The molecule has 0 aliphatic carbocycles. The van der Waals surface area contributed by atoms with Crippen molar-refractivity contribution < 1.29 is 13.6 Å². The van der Waals surface area contributed by atoms with E-state index >= 15 is 0 Å². The lowest BCUT2D eigenvalue weighted by atomic mass is 9.91. The lowest BCUT2D eigenvalue weighted by Gasteiger charge is -2.51. The number of halogens is 2. The minimum absolute atomic E-state index is 0.0620. The van der Waals surface area contributed by atoms with Crippen molar-refractivity contribution in [1.29, 1.82) is 0 Å². The Labute approximate surface area is 198 Å². The molecule has 7 rings (SSSR count). The van der Waals surface area contributed by atoms with Gasteiger partial charge in [-0.15, -0.1) is 11.3 Å². The molecular formula is C25H21F2N5OS. The van der Waals surface area contributed by atoms with Crippen molar-refractivity contribution in [2.24, 2.45) is 0 Å². The number of thiophene rings is 1. The molecule has 3 aliphatic heterocycles. The van der Waals surface area contributed by atoms with Crippen molar-refractivity contribution >= 4 is 39.1 Å². The zero-order chi connectivity index (χ0) is 23.2. The molecule has 0 spiro atoms. The molecule has 1 N–H and O–H groups in total. The Hall–Kier alpha value is -3.59. The van der Waals surface area contributed by atoms with E-state index in [4.69, 9.17) is 0 Å². The molecule has 2 aromatic heterocycles. The Morgan fingerprint density at radius 3 is 2.35 bits per heavy atom. The monoisotopic (exact) mass is 477 g/mol. The van der Waals surface area contributed by atoms with Gasteiger partial charge in [0.1, 0.15) is 23.8 Å². The molecule has 0 radical (unpaired) electrons. The van der Waals surface area contributed by atoms with Gasteiger partial charge in [0, 0.05) is 29.7 Å². The minimum Gasteiger partial charge on any atom is -0.348 e. The first kappa shape index (κ1) is 21.0. The molecule has 2 aromatic carbocycles. The lowest BCUT2D eigenvalue weighted by Crippen LogP contribution is -2.65. The molecule has 3 fully saturated rings. The largest absolute Gasteiger partial charge is 0.348 e. The summed E-state index contributed by atoms with van der Waals surface area (Å²) in [6, 6.07) is 14.3. The van der Waals surface area contributed by atoms with E-state index in [0.717, 1.165) is 39.3 Å². The van der Waals surface area contributed by atoms with Crippen molar-refractivity contribution in [2.75, 3.05) is 23.3 Å². The molecule has 2 atom stereocenters. The Morgan fingerprint density at radius 2 is 1.65 bits per heavy atom. The standard InChI is InChI=1S/C25H21F2N5OS/c26-16-3-1-15(2-4-16)22-11-21-23(34-22)24(29-14-28-21)31-12-20-10-9-19(31)13-32(20)25(33)30-18-7-5-17(27)6-8-18/h1-8,11,14,19-20H,9-10,12-13H2,(H,30,33). The highest BCUT2D eigenvalue weighted by Crippen LogP contribution is 2.40. The van der Waals surface area contributed by atoms with E-state index < -0.39 is 0 Å². The number of nitrogens with one attached hydrogen (secondary N) is 1. The number of rotatable bonds is 3. The third kappa shape index (κ3) is 3.75. The van der Waals surface area contributed by atoms with Gasteiger partial charge < -0.3 is 15.1 Å². The summed E-state index contributed by atoms with van der Waals surface area (Å²) in [6.45, 7) is 1.29. The fourth-order valence-electron chi connectivity index (χ4n) is 4.87. The van der Waals surface area contributed by atoms with Gasteiger partial charge in [-0.25, -0.2) is 23.5 Å². The van der Waals surface area contributed by atoms with Gasteiger partial charge in [-0.05, 0) is 60.9 Å². The summed E-state index contributed by atoms with van der Waals surface area (Å²) in [5, 5.41) is 2.88. The van der Waals surface area contributed by atoms with Crippen LogP contribution in [0.4, 0.5) is 25.1 Å². The molecule has 0 saturated carbocycles. The first-order valence-electron chi connectivity index (χ1n) is 11.2. The quantitative estimate of drug-likeness (QED) is 0.422. The van der Waals surface area contributed by atoms with Gasteiger partial charge in [-0.2, -0.15) is 0 Å². The van der Waals surface area contributed by atoms with E-state index in [1.807, 2.05) is 11.0 Å². The maximum absolute atomic E-state index is 13.4. The average molecular weight is 478 g/mol. The number of piperazine rings is 1. The van der Waals surface area contributed by atoms with Gasteiger partial charge in [0.05, 0.1) is 16.3 Å². The fourth-order valence-corrected chi connectivity index (χ4v) is 5.99. The Kier molecular flexibility index (Phi) is 5.13. The Bertz CT molecular complexity index is 1360. The number of hydrogen-bond donors (Lipinski definition) is 1. The van der Waals surface area contributed by atoms with Crippen molar-refractivity contribution in [2.45, 2.75) is 24.9 Å². The van der Waals surface area contributed by atoms with Crippen LogP contribution in [-0.2, 0) is 0 Å². The first-order valence-corrected chi connectivity index (χ1v) is 12.0. The summed E-state index contributed by atoms with van der Waals surface area (Å²) < 4.78 is 27.5. The second kappa shape index (κ2) is 8.32. The first-order chi connectivity index (χ1) is 16.5. The van der Waals surface area contributed by atoms with Gasteiger partial charge in [-0.3, -0.25) is 0 Å². The second-order valence-corrected chi connectivity index (χ2v) is 9.71. The predicted octanol–water partition coefficient (Wildman–Crippen LogP) is 5.52. The number of amides is 2. The molecule has 2 unspecified atom stereocenters. The van der Waals surface area contributed by atoms with E-state index in [-0.39, 0.29) is 29.7 Å². The Balaban J connectivity index is 1.24. The number of fused-ring (bicyclic) bond motifs is 4. The maximum atomic E-state index is 13.4. The smallest absolute Gasteiger partial charge is 0.322 e. The van der Waals surface area contributed by atoms with Crippen LogP contribution >= 0.6 is 11.3 Å². The molecule has 2 bridgehead atoms. The van der Waals surface area contributed by atoms with E-state index in [0.29, 0.717) is 18.8 Å². The third-order valence-electron chi connectivity index (χ3n) is 6.58. The van der Waals surface area contributed by atoms with Gasteiger partial charge in [0.25, 0.3) is 0 Å². The minimum atomic E-state index is -0.335. The highest BCUT2D eigenvalue weighted by Gasteiger charge is 2.42. The van der Waals surface area contributed by atoms with Crippen LogP contribution in [0.2, 0.25) is 0 Å². The lowest BCUT2D eigenvalue weighted by molar-refractivity contribution is 0.124. The van der Waals surface area contributed by atoms with E-state index in [2.05, 4.69) is 20.2 Å². The molecule has 6 nitrogen and oxygen atoms in total. The zero-order valence-electron chi connectivity index (χ0n) is 18.1. The van der Waals surface area contributed by atoms with Gasteiger partial charge in [-0.1, -0.05) is 12.1 Å². The molecule has 2 amide bonds. The number of carbonyl (C=O) groups excluding carboxylic acids is 1. The number of piperidine rings is 2. The summed E-state index contributed by atoms with van der Waals surface area (Å²) >= 11 is 1.60. The van der Waals surface area contributed by atoms with E-state index in [1.54, 1.807) is 41.9 Å². The van der Waals surface area contributed by atoms with Crippen LogP contribution in [0.3, 0.4) is 0 Å². The van der Waals surface area contributed by atoms with Crippen LogP contribution in [0.1, 0.15) is 12.8 Å². The SMILES string of the molecule is O=C(Nc1ccc(F)cc1)N1CC2CCC1CN2c1ncnc2cc(-c3ccc(F)cc3)sc12. The summed E-state index contributed by atoms with van der Waals surface area (Å²) in [6.07, 6.45) is 3.49. The van der Waals surface area contributed by atoms with Crippen molar-refractivity contribution in [3.63, 3.8) is 0 Å². The van der Waals surface area contributed by atoms with Crippen molar-refractivity contribution in [1.82, 2.24) is 14.9 Å². The topological polar surface area (TPSA) is 61.4 Å². The summed E-state index contributed by atoms with van der Waals surface area (Å²) in [4.78, 5) is 27.2. The molecule has 5 heterocycles. The third-order valence-corrected chi connectivity index (χ3v) is 7.75. The number of anilines is 2. The zero-order valence-corrected chi connectivity index (χ0v) is 18.9. The molecule has 3 saturated heterocycles. The van der Waals surface area contributed by atoms with Crippen LogP contribution in [-0.4, -0.2) is 46.1 Å². The number of aromatic nitrogens is 2. The highest BCUT2D eigenvalue weighted by molar-refractivity contribution is 7.22. The normalized spacial score (nSPS) is 19.6. The molecule has 3 aliphatic rings. The number of hydrogen-bond acceptors (Lipinski definition) is 5. The van der Waals surface area contributed by atoms with Crippen LogP contribution in [0.5, 0.6) is 0 Å². The summed E-state index contributed by atoms with van der Waals surface area (Å²) in [5.74, 6) is 0.289. The predicted molar refractivity (Wildman–Crippen MR) is 129 cm³/mol. The Morgan fingerprint density at radius 1 is 0.941 bits per heavy atom. The van der Waals surface area contributed by atoms with Crippen LogP contribution in [0, 0.1) is 11.6 Å². The molecular weight excluding hydrogens is 456 g/mol. The average Bonchev–Trinajstić information content (AvgIpc) is 3.30. The summed E-state index contributed by atoms with van der Waals surface area (Å²) in [5.41, 5.74) is 2.38. The van der Waals surface area contributed by atoms with Gasteiger partial charge in [0.15, 0.2) is 0 Å². The number of nitrogens with zero attached hydrogens (tertiary/aromatic N) is 4. The fraction of sp³-hybridized carbons (Fsp3) is 0.240.